The topological polar surface area (TPSA) is 53.8 Å². The van der Waals surface area contributed by atoms with Crippen LogP contribution in [0.3, 0.4) is 0 Å². The van der Waals surface area contributed by atoms with E-state index in [4.69, 9.17) is 10.5 Å². The summed E-state index contributed by atoms with van der Waals surface area (Å²) in [5.41, 5.74) is 7.55. The third-order valence-electron chi connectivity index (χ3n) is 3.88. The van der Waals surface area contributed by atoms with Crippen LogP contribution in [0.1, 0.15) is 0 Å². The molecule has 3 rings (SSSR count). The number of nitrogens with one attached hydrogen (secondary N) is 1. The Kier molecular flexibility index (Phi) is 3.48. The molecule has 0 bridgehead atoms. The zero-order valence-corrected chi connectivity index (χ0v) is 11.4. The first-order valence-corrected chi connectivity index (χ1v) is 6.91. The molecule has 0 spiro atoms. The monoisotopic (exact) mass is 262 g/mol. The van der Waals surface area contributed by atoms with Crippen LogP contribution in [0.4, 0.5) is 11.4 Å². The number of anilines is 2. The standard InChI is InChI=1S/C14H22N4O/c1-17-4-6-18(7-5-17)10-12-9-16-13-8-11(15)2-3-14(13)19-12/h2-3,8,12,16H,4-7,9-10,15H2,1H3. The van der Waals surface area contributed by atoms with Crippen molar-refractivity contribution in [2.24, 2.45) is 0 Å². The van der Waals surface area contributed by atoms with E-state index in [2.05, 4.69) is 22.2 Å². The first-order chi connectivity index (χ1) is 9.20. The molecule has 0 aromatic heterocycles. The Morgan fingerprint density at radius 3 is 2.89 bits per heavy atom. The van der Waals surface area contributed by atoms with E-state index in [1.807, 2.05) is 18.2 Å². The van der Waals surface area contributed by atoms with Gasteiger partial charge in [0.2, 0.25) is 0 Å². The predicted molar refractivity (Wildman–Crippen MR) is 77.7 cm³/mol. The molecular weight excluding hydrogens is 240 g/mol. The highest BCUT2D eigenvalue weighted by molar-refractivity contribution is 5.64. The van der Waals surface area contributed by atoms with E-state index < -0.39 is 0 Å². The van der Waals surface area contributed by atoms with Crippen LogP contribution in [0.15, 0.2) is 18.2 Å². The summed E-state index contributed by atoms with van der Waals surface area (Å²) in [4.78, 5) is 4.85. The molecule has 0 amide bonds. The van der Waals surface area contributed by atoms with Gasteiger partial charge in [0.25, 0.3) is 0 Å². The second-order valence-corrected chi connectivity index (χ2v) is 5.48. The van der Waals surface area contributed by atoms with Crippen molar-refractivity contribution in [3.8, 4) is 5.75 Å². The third kappa shape index (κ3) is 2.93. The molecule has 0 saturated carbocycles. The molecule has 2 heterocycles. The smallest absolute Gasteiger partial charge is 0.143 e. The quantitative estimate of drug-likeness (QED) is 0.768. The molecule has 1 saturated heterocycles. The number of piperazine rings is 1. The summed E-state index contributed by atoms with van der Waals surface area (Å²) in [6, 6.07) is 5.77. The Morgan fingerprint density at radius 1 is 1.32 bits per heavy atom. The van der Waals surface area contributed by atoms with Crippen molar-refractivity contribution in [3.05, 3.63) is 18.2 Å². The van der Waals surface area contributed by atoms with Crippen LogP contribution in [-0.4, -0.2) is 62.2 Å². The molecular formula is C14H22N4O. The lowest BCUT2D eigenvalue weighted by Crippen LogP contribution is -2.49. The minimum Gasteiger partial charge on any atom is -0.485 e. The first kappa shape index (κ1) is 12.6. The zero-order valence-electron chi connectivity index (χ0n) is 11.4. The normalized spacial score (nSPS) is 24.4. The van der Waals surface area contributed by atoms with Crippen molar-refractivity contribution in [2.75, 3.05) is 57.4 Å². The lowest BCUT2D eigenvalue weighted by molar-refractivity contribution is 0.0960. The van der Waals surface area contributed by atoms with E-state index in [-0.39, 0.29) is 6.10 Å². The number of fused-ring (bicyclic) bond motifs is 1. The molecule has 0 aliphatic carbocycles. The van der Waals surface area contributed by atoms with Crippen molar-refractivity contribution in [1.29, 1.82) is 0 Å². The molecule has 5 heteroatoms. The van der Waals surface area contributed by atoms with Crippen LogP contribution >= 0.6 is 0 Å². The maximum Gasteiger partial charge on any atom is 0.143 e. The fraction of sp³-hybridized carbons (Fsp3) is 0.571. The average molecular weight is 262 g/mol. The molecule has 19 heavy (non-hydrogen) atoms. The van der Waals surface area contributed by atoms with Gasteiger partial charge in [-0.15, -0.1) is 0 Å². The van der Waals surface area contributed by atoms with Crippen molar-refractivity contribution in [3.63, 3.8) is 0 Å². The van der Waals surface area contributed by atoms with Crippen LogP contribution in [0, 0.1) is 0 Å². The summed E-state index contributed by atoms with van der Waals surface area (Å²) in [5.74, 6) is 0.916. The van der Waals surface area contributed by atoms with E-state index in [9.17, 15) is 0 Å². The highest BCUT2D eigenvalue weighted by Gasteiger charge is 2.23. The number of nitrogens with zero attached hydrogens (tertiary/aromatic N) is 2. The first-order valence-electron chi connectivity index (χ1n) is 6.91. The predicted octanol–water partition coefficient (Wildman–Crippen LogP) is 0.689. The van der Waals surface area contributed by atoms with Crippen LogP contribution in [-0.2, 0) is 0 Å². The largest absolute Gasteiger partial charge is 0.485 e. The van der Waals surface area contributed by atoms with Gasteiger partial charge in [-0.2, -0.15) is 0 Å². The highest BCUT2D eigenvalue weighted by Crippen LogP contribution is 2.30. The van der Waals surface area contributed by atoms with E-state index >= 15 is 0 Å². The number of benzene rings is 1. The Morgan fingerprint density at radius 2 is 2.11 bits per heavy atom. The van der Waals surface area contributed by atoms with E-state index in [1.165, 1.54) is 0 Å². The summed E-state index contributed by atoms with van der Waals surface area (Å²) >= 11 is 0. The van der Waals surface area contributed by atoms with Gasteiger partial charge in [-0.1, -0.05) is 0 Å². The molecule has 1 unspecified atom stereocenters. The number of hydrogen-bond donors (Lipinski definition) is 2. The summed E-state index contributed by atoms with van der Waals surface area (Å²) in [6.45, 7) is 6.39. The maximum absolute atomic E-state index is 6.04. The number of hydrogen-bond acceptors (Lipinski definition) is 5. The van der Waals surface area contributed by atoms with Crippen LogP contribution in [0.2, 0.25) is 0 Å². The molecule has 1 fully saturated rings. The molecule has 104 valence electrons. The lowest BCUT2D eigenvalue weighted by atomic mass is 10.2. The Balaban J connectivity index is 1.58. The Labute approximate surface area is 114 Å². The van der Waals surface area contributed by atoms with Crippen LogP contribution in [0.5, 0.6) is 5.75 Å². The number of nitrogen functional groups attached to an aromatic ring is 1. The summed E-state index contributed by atoms with van der Waals surface area (Å²) < 4.78 is 6.04. The number of likely N-dealkylation sites (N-methyl/N-ethyl adjacent to an activating group) is 1. The minimum atomic E-state index is 0.222. The maximum atomic E-state index is 6.04. The Hall–Kier alpha value is -1.46. The van der Waals surface area contributed by atoms with Gasteiger partial charge >= 0.3 is 0 Å². The van der Waals surface area contributed by atoms with Crippen molar-refractivity contribution >= 4 is 11.4 Å². The van der Waals surface area contributed by atoms with Crippen molar-refractivity contribution < 1.29 is 4.74 Å². The van der Waals surface area contributed by atoms with Gasteiger partial charge in [0.05, 0.1) is 12.2 Å². The summed E-state index contributed by atoms with van der Waals surface area (Å²) in [5, 5.41) is 3.41. The molecule has 1 atom stereocenters. The van der Waals surface area contributed by atoms with Gasteiger partial charge in [-0.25, -0.2) is 0 Å². The fourth-order valence-corrected chi connectivity index (χ4v) is 2.65. The van der Waals surface area contributed by atoms with Crippen molar-refractivity contribution in [1.82, 2.24) is 9.80 Å². The van der Waals surface area contributed by atoms with Crippen LogP contribution in [0.25, 0.3) is 0 Å². The molecule has 2 aliphatic heterocycles. The number of nitrogens with two attached hydrogens (primary N) is 1. The van der Waals surface area contributed by atoms with E-state index in [0.29, 0.717) is 0 Å². The average Bonchev–Trinajstić information content (AvgIpc) is 2.42. The lowest BCUT2D eigenvalue weighted by Gasteiger charge is -2.36. The third-order valence-corrected chi connectivity index (χ3v) is 3.88. The fourth-order valence-electron chi connectivity index (χ4n) is 2.65. The zero-order chi connectivity index (χ0) is 13.2. The SMILES string of the molecule is CN1CCN(CC2CNc3cc(N)ccc3O2)CC1. The summed E-state index contributed by atoms with van der Waals surface area (Å²) in [7, 11) is 2.18. The second-order valence-electron chi connectivity index (χ2n) is 5.48. The van der Waals surface area contributed by atoms with Gasteiger partial charge < -0.3 is 20.7 Å². The molecule has 5 nitrogen and oxygen atoms in total. The van der Waals surface area contributed by atoms with Gasteiger partial charge in [0.1, 0.15) is 11.9 Å². The van der Waals surface area contributed by atoms with Gasteiger partial charge in [0.15, 0.2) is 0 Å². The minimum absolute atomic E-state index is 0.222. The van der Waals surface area contributed by atoms with E-state index in [1.54, 1.807) is 0 Å². The van der Waals surface area contributed by atoms with Gasteiger partial charge in [-0.3, -0.25) is 4.90 Å². The Bertz CT molecular complexity index is 443. The van der Waals surface area contributed by atoms with Crippen LogP contribution < -0.4 is 15.8 Å². The number of ether oxygens (including phenoxy) is 1. The van der Waals surface area contributed by atoms with Gasteiger partial charge in [-0.05, 0) is 25.2 Å². The molecule has 1 aromatic rings. The molecule has 0 radical (unpaired) electrons. The van der Waals surface area contributed by atoms with Crippen molar-refractivity contribution in [2.45, 2.75) is 6.10 Å². The van der Waals surface area contributed by atoms with E-state index in [0.717, 1.165) is 56.4 Å². The highest BCUT2D eigenvalue weighted by atomic mass is 16.5. The molecule has 2 aliphatic rings. The molecule has 1 aromatic carbocycles. The summed E-state index contributed by atoms with van der Waals surface area (Å²) in [6.07, 6.45) is 0.222. The number of rotatable bonds is 2. The second kappa shape index (κ2) is 5.27. The van der Waals surface area contributed by atoms with Gasteiger partial charge in [0, 0.05) is 38.4 Å². The molecule has 3 N–H and O–H groups in total.